The van der Waals surface area contributed by atoms with Gasteiger partial charge in [-0.1, -0.05) is 24.3 Å². The lowest BCUT2D eigenvalue weighted by Gasteiger charge is -2.02. The number of rotatable bonds is 2. The van der Waals surface area contributed by atoms with Gasteiger partial charge in [-0.3, -0.25) is 0 Å². The summed E-state index contributed by atoms with van der Waals surface area (Å²) < 4.78 is 18.1. The van der Waals surface area contributed by atoms with Gasteiger partial charge in [-0.15, -0.1) is 0 Å². The van der Waals surface area contributed by atoms with E-state index in [1.54, 1.807) is 30.4 Å². The number of ether oxygens (including phenoxy) is 1. The van der Waals surface area contributed by atoms with Crippen LogP contribution in [0.5, 0.6) is 5.75 Å². The predicted molar refractivity (Wildman–Crippen MR) is 47.7 cm³/mol. The molecule has 0 aliphatic carbocycles. The molecule has 1 nitrogen and oxygen atoms in total. The molecular weight excluding hydrogens is 155 g/mol. The molecule has 1 aromatic rings. The third kappa shape index (κ3) is 1.64. The summed E-state index contributed by atoms with van der Waals surface area (Å²) in [5, 5.41) is 0. The molecule has 0 atom stereocenters. The van der Waals surface area contributed by atoms with Gasteiger partial charge in [0.25, 0.3) is 0 Å². The van der Waals surface area contributed by atoms with Crippen molar-refractivity contribution in [2.24, 2.45) is 0 Å². The van der Waals surface area contributed by atoms with Crippen LogP contribution < -0.4 is 4.74 Å². The standard InChI is InChI=1S/C10H11FO/c1-3-5-8-6-4-7-9(12-2)10(8)11/h3-7H,1-2H3/b5-3+. The maximum absolute atomic E-state index is 13.3. The topological polar surface area (TPSA) is 9.23 Å². The summed E-state index contributed by atoms with van der Waals surface area (Å²) in [5.74, 6) is -0.0244. The van der Waals surface area contributed by atoms with Crippen molar-refractivity contribution in [1.29, 1.82) is 0 Å². The van der Waals surface area contributed by atoms with E-state index in [1.165, 1.54) is 7.11 Å². The lowest BCUT2D eigenvalue weighted by atomic mass is 10.2. The molecule has 0 aliphatic heterocycles. The van der Waals surface area contributed by atoms with Gasteiger partial charge in [-0.05, 0) is 13.0 Å². The minimum atomic E-state index is -0.307. The fourth-order valence-electron chi connectivity index (χ4n) is 0.994. The van der Waals surface area contributed by atoms with Gasteiger partial charge in [0.1, 0.15) is 0 Å². The molecule has 0 aromatic heterocycles. The molecule has 64 valence electrons. The van der Waals surface area contributed by atoms with E-state index >= 15 is 0 Å². The van der Waals surface area contributed by atoms with Crippen LogP contribution in [0.25, 0.3) is 6.08 Å². The van der Waals surface area contributed by atoms with Crippen molar-refractivity contribution in [1.82, 2.24) is 0 Å². The van der Waals surface area contributed by atoms with Crippen LogP contribution >= 0.6 is 0 Å². The van der Waals surface area contributed by atoms with Crippen LogP contribution in [0, 0.1) is 5.82 Å². The molecular formula is C10H11FO. The normalized spacial score (nSPS) is 10.6. The van der Waals surface area contributed by atoms with E-state index in [2.05, 4.69) is 0 Å². The maximum Gasteiger partial charge on any atom is 0.172 e. The molecule has 12 heavy (non-hydrogen) atoms. The fraction of sp³-hybridized carbons (Fsp3) is 0.200. The highest BCUT2D eigenvalue weighted by Crippen LogP contribution is 2.20. The van der Waals surface area contributed by atoms with E-state index in [0.29, 0.717) is 5.56 Å². The lowest BCUT2D eigenvalue weighted by Crippen LogP contribution is -1.89. The van der Waals surface area contributed by atoms with E-state index in [0.717, 1.165) is 0 Å². The van der Waals surface area contributed by atoms with Gasteiger partial charge >= 0.3 is 0 Å². The highest BCUT2D eigenvalue weighted by Gasteiger charge is 2.04. The number of hydrogen-bond acceptors (Lipinski definition) is 1. The minimum Gasteiger partial charge on any atom is -0.494 e. The number of halogens is 1. The first-order valence-corrected chi connectivity index (χ1v) is 3.74. The Kier molecular flexibility index (Phi) is 2.86. The van der Waals surface area contributed by atoms with Crippen molar-refractivity contribution in [2.45, 2.75) is 6.92 Å². The van der Waals surface area contributed by atoms with E-state index < -0.39 is 0 Å². The largest absolute Gasteiger partial charge is 0.494 e. The lowest BCUT2D eigenvalue weighted by molar-refractivity contribution is 0.386. The van der Waals surface area contributed by atoms with Gasteiger partial charge in [0.15, 0.2) is 11.6 Å². The first-order chi connectivity index (χ1) is 5.79. The van der Waals surface area contributed by atoms with Crippen LogP contribution in [-0.4, -0.2) is 7.11 Å². The second-order valence-electron chi connectivity index (χ2n) is 2.36. The highest BCUT2D eigenvalue weighted by molar-refractivity contribution is 5.52. The van der Waals surface area contributed by atoms with Crippen molar-refractivity contribution in [3.8, 4) is 5.75 Å². The molecule has 0 fully saturated rings. The summed E-state index contributed by atoms with van der Waals surface area (Å²) in [6.07, 6.45) is 3.50. The zero-order valence-corrected chi connectivity index (χ0v) is 7.17. The molecule has 2 heteroatoms. The molecule has 0 aliphatic rings. The Balaban J connectivity index is 3.13. The van der Waals surface area contributed by atoms with Crippen LogP contribution in [0.1, 0.15) is 12.5 Å². The van der Waals surface area contributed by atoms with Gasteiger partial charge < -0.3 is 4.74 Å². The Hall–Kier alpha value is -1.31. The molecule has 0 radical (unpaired) electrons. The molecule has 1 rings (SSSR count). The quantitative estimate of drug-likeness (QED) is 0.656. The first kappa shape index (κ1) is 8.78. The smallest absolute Gasteiger partial charge is 0.172 e. The summed E-state index contributed by atoms with van der Waals surface area (Å²) in [6, 6.07) is 5.07. The van der Waals surface area contributed by atoms with Gasteiger partial charge in [-0.25, -0.2) is 4.39 Å². The second-order valence-corrected chi connectivity index (χ2v) is 2.36. The molecule has 0 saturated heterocycles. The number of allylic oxidation sites excluding steroid dienone is 1. The Morgan fingerprint density at radius 2 is 2.17 bits per heavy atom. The van der Waals surface area contributed by atoms with E-state index in [9.17, 15) is 4.39 Å². The van der Waals surface area contributed by atoms with Crippen LogP contribution in [0.4, 0.5) is 4.39 Å². The average molecular weight is 166 g/mol. The third-order valence-electron chi connectivity index (χ3n) is 1.56. The SMILES string of the molecule is C/C=C/c1cccc(OC)c1F. The Morgan fingerprint density at radius 1 is 1.42 bits per heavy atom. The van der Waals surface area contributed by atoms with Gasteiger partial charge in [0.2, 0.25) is 0 Å². The average Bonchev–Trinajstić information content (AvgIpc) is 2.09. The Morgan fingerprint density at radius 3 is 2.75 bits per heavy atom. The van der Waals surface area contributed by atoms with Gasteiger partial charge in [0, 0.05) is 5.56 Å². The Bertz CT molecular complexity index is 292. The highest BCUT2D eigenvalue weighted by atomic mass is 19.1. The molecule has 0 heterocycles. The summed E-state index contributed by atoms with van der Waals surface area (Å²) in [5.41, 5.74) is 0.553. The van der Waals surface area contributed by atoms with E-state index in [1.807, 2.05) is 6.92 Å². The summed E-state index contributed by atoms with van der Waals surface area (Å²) in [6.45, 7) is 1.85. The van der Waals surface area contributed by atoms with Crippen molar-refractivity contribution in [3.63, 3.8) is 0 Å². The van der Waals surface area contributed by atoms with Crippen LogP contribution in [0.2, 0.25) is 0 Å². The Labute approximate surface area is 71.5 Å². The molecule has 0 amide bonds. The molecule has 0 spiro atoms. The van der Waals surface area contributed by atoms with E-state index in [4.69, 9.17) is 4.74 Å². The van der Waals surface area contributed by atoms with Crippen molar-refractivity contribution in [2.75, 3.05) is 7.11 Å². The van der Waals surface area contributed by atoms with Crippen LogP contribution in [0.3, 0.4) is 0 Å². The maximum atomic E-state index is 13.3. The third-order valence-corrected chi connectivity index (χ3v) is 1.56. The van der Waals surface area contributed by atoms with Crippen molar-refractivity contribution < 1.29 is 9.13 Å². The van der Waals surface area contributed by atoms with Crippen molar-refractivity contribution >= 4 is 6.08 Å². The minimum absolute atomic E-state index is 0.283. The monoisotopic (exact) mass is 166 g/mol. The number of benzene rings is 1. The predicted octanol–water partition coefficient (Wildman–Crippen LogP) is 2.87. The van der Waals surface area contributed by atoms with E-state index in [-0.39, 0.29) is 11.6 Å². The zero-order chi connectivity index (χ0) is 8.97. The summed E-state index contributed by atoms with van der Waals surface area (Å²) in [7, 11) is 1.46. The molecule has 0 unspecified atom stereocenters. The molecule has 0 saturated carbocycles. The molecule has 1 aromatic carbocycles. The zero-order valence-electron chi connectivity index (χ0n) is 7.17. The second kappa shape index (κ2) is 3.90. The summed E-state index contributed by atoms with van der Waals surface area (Å²) in [4.78, 5) is 0. The fourth-order valence-corrected chi connectivity index (χ4v) is 0.994. The summed E-state index contributed by atoms with van der Waals surface area (Å²) >= 11 is 0. The number of hydrogen-bond donors (Lipinski definition) is 0. The molecule has 0 bridgehead atoms. The van der Waals surface area contributed by atoms with Gasteiger partial charge in [0.05, 0.1) is 7.11 Å². The van der Waals surface area contributed by atoms with Crippen molar-refractivity contribution in [3.05, 3.63) is 35.7 Å². The van der Waals surface area contributed by atoms with Crippen LogP contribution in [-0.2, 0) is 0 Å². The van der Waals surface area contributed by atoms with Crippen LogP contribution in [0.15, 0.2) is 24.3 Å². The van der Waals surface area contributed by atoms with Gasteiger partial charge in [-0.2, -0.15) is 0 Å². The molecule has 0 N–H and O–H groups in total. The number of methoxy groups -OCH3 is 1. The first-order valence-electron chi connectivity index (χ1n) is 3.74.